The van der Waals surface area contributed by atoms with Crippen LogP contribution in [0.2, 0.25) is 0 Å². The van der Waals surface area contributed by atoms with E-state index in [0.29, 0.717) is 4.47 Å². The highest BCUT2D eigenvalue weighted by molar-refractivity contribution is 9.10. The van der Waals surface area contributed by atoms with Crippen LogP contribution in [0.1, 0.15) is 10.4 Å². The standard InChI is InChI=1S/C10H9BrF3NO2S/c11-7-2-1-6(5-8(7)16)9(17)15-3-4-18-10(12,13)14/h1-2,5,16H,3-4H2,(H,15,17). The topological polar surface area (TPSA) is 49.3 Å². The zero-order valence-corrected chi connectivity index (χ0v) is 11.3. The third kappa shape index (κ3) is 5.18. The lowest BCUT2D eigenvalue weighted by Gasteiger charge is -2.07. The summed E-state index contributed by atoms with van der Waals surface area (Å²) in [5.74, 6) is -0.884. The van der Waals surface area contributed by atoms with Gasteiger partial charge in [0.2, 0.25) is 0 Å². The largest absolute Gasteiger partial charge is 0.507 e. The lowest BCUT2D eigenvalue weighted by atomic mass is 10.2. The normalized spacial score (nSPS) is 11.3. The number of rotatable bonds is 4. The van der Waals surface area contributed by atoms with Crippen LogP contribution in [0.25, 0.3) is 0 Å². The molecule has 0 aromatic heterocycles. The Morgan fingerprint density at radius 1 is 1.44 bits per heavy atom. The van der Waals surface area contributed by atoms with Crippen LogP contribution in [0, 0.1) is 0 Å². The highest BCUT2D eigenvalue weighted by atomic mass is 79.9. The minimum absolute atomic E-state index is 0.0974. The summed E-state index contributed by atoms with van der Waals surface area (Å²) in [6.45, 7) is -0.0974. The van der Waals surface area contributed by atoms with Crippen LogP contribution in [-0.4, -0.2) is 28.8 Å². The van der Waals surface area contributed by atoms with E-state index in [-0.39, 0.29) is 35.4 Å². The number of phenols is 1. The Bertz CT molecular complexity index is 440. The molecule has 0 fully saturated rings. The summed E-state index contributed by atoms with van der Waals surface area (Å²) in [4.78, 5) is 11.5. The highest BCUT2D eigenvalue weighted by Gasteiger charge is 2.27. The third-order valence-electron chi connectivity index (χ3n) is 1.86. The summed E-state index contributed by atoms with van der Waals surface area (Å²) in [5, 5.41) is 11.7. The Kier molecular flexibility index (Phi) is 5.33. The molecule has 2 N–H and O–H groups in total. The molecule has 0 aliphatic heterocycles. The van der Waals surface area contributed by atoms with Gasteiger partial charge in [0.05, 0.1) is 4.47 Å². The number of benzene rings is 1. The van der Waals surface area contributed by atoms with Gasteiger partial charge in [-0.05, 0) is 45.9 Å². The smallest absolute Gasteiger partial charge is 0.441 e. The van der Waals surface area contributed by atoms with Gasteiger partial charge in [-0.3, -0.25) is 4.79 Å². The van der Waals surface area contributed by atoms with Crippen LogP contribution < -0.4 is 5.32 Å². The van der Waals surface area contributed by atoms with Crippen LogP contribution in [0.15, 0.2) is 22.7 Å². The molecule has 0 bridgehead atoms. The van der Waals surface area contributed by atoms with Gasteiger partial charge in [0.25, 0.3) is 5.91 Å². The van der Waals surface area contributed by atoms with Crippen molar-refractivity contribution in [2.75, 3.05) is 12.3 Å². The number of carbonyl (C=O) groups is 1. The molecule has 0 saturated heterocycles. The van der Waals surface area contributed by atoms with Crippen LogP contribution in [0.4, 0.5) is 13.2 Å². The van der Waals surface area contributed by atoms with E-state index in [1.165, 1.54) is 18.2 Å². The molecule has 0 saturated carbocycles. The van der Waals surface area contributed by atoms with Gasteiger partial charge in [-0.15, -0.1) is 0 Å². The molecular weight excluding hydrogens is 335 g/mol. The van der Waals surface area contributed by atoms with Gasteiger partial charge in [0.1, 0.15) is 5.75 Å². The van der Waals surface area contributed by atoms with Gasteiger partial charge in [0, 0.05) is 17.9 Å². The molecule has 0 atom stereocenters. The quantitative estimate of drug-likeness (QED) is 0.825. The molecule has 0 spiro atoms. The SMILES string of the molecule is O=C(NCCSC(F)(F)F)c1ccc(Br)c(O)c1. The van der Waals surface area contributed by atoms with Crippen molar-refractivity contribution in [3.63, 3.8) is 0 Å². The van der Waals surface area contributed by atoms with Crippen molar-refractivity contribution in [3.8, 4) is 5.75 Å². The number of alkyl halides is 3. The van der Waals surface area contributed by atoms with Gasteiger partial charge in [-0.2, -0.15) is 13.2 Å². The summed E-state index contributed by atoms with van der Waals surface area (Å²) in [7, 11) is 0. The first-order chi connectivity index (χ1) is 8.29. The molecule has 1 amide bonds. The van der Waals surface area contributed by atoms with E-state index in [1.807, 2.05) is 0 Å². The summed E-state index contributed by atoms with van der Waals surface area (Å²) >= 11 is 2.86. The van der Waals surface area contributed by atoms with Crippen molar-refractivity contribution in [2.24, 2.45) is 0 Å². The summed E-state index contributed by atoms with van der Waals surface area (Å²) in [5.41, 5.74) is -4.10. The molecule has 0 unspecified atom stereocenters. The zero-order valence-electron chi connectivity index (χ0n) is 8.92. The monoisotopic (exact) mass is 343 g/mol. The number of hydrogen-bond acceptors (Lipinski definition) is 3. The second kappa shape index (κ2) is 6.33. The summed E-state index contributed by atoms with van der Waals surface area (Å²) < 4.78 is 35.9. The molecule has 0 radical (unpaired) electrons. The van der Waals surface area contributed by atoms with Crippen molar-refractivity contribution in [1.29, 1.82) is 0 Å². The second-order valence-corrected chi connectivity index (χ2v) is 5.23. The molecule has 3 nitrogen and oxygen atoms in total. The third-order valence-corrected chi connectivity index (χ3v) is 3.27. The van der Waals surface area contributed by atoms with E-state index in [2.05, 4.69) is 21.2 Å². The second-order valence-electron chi connectivity index (χ2n) is 3.22. The molecule has 18 heavy (non-hydrogen) atoms. The molecular formula is C10H9BrF3NO2S. The fourth-order valence-electron chi connectivity index (χ4n) is 1.09. The van der Waals surface area contributed by atoms with Gasteiger partial charge < -0.3 is 10.4 Å². The van der Waals surface area contributed by atoms with Gasteiger partial charge in [-0.25, -0.2) is 0 Å². The van der Waals surface area contributed by atoms with Gasteiger partial charge in [-0.1, -0.05) is 0 Å². The molecule has 1 aromatic rings. The van der Waals surface area contributed by atoms with Crippen LogP contribution in [-0.2, 0) is 0 Å². The number of amides is 1. The number of thioether (sulfide) groups is 1. The van der Waals surface area contributed by atoms with E-state index < -0.39 is 11.4 Å². The molecule has 8 heteroatoms. The van der Waals surface area contributed by atoms with Crippen molar-refractivity contribution in [1.82, 2.24) is 5.32 Å². The predicted molar refractivity (Wildman–Crippen MR) is 66.7 cm³/mol. The summed E-state index contributed by atoms with van der Waals surface area (Å²) in [6, 6.07) is 4.17. The van der Waals surface area contributed by atoms with Crippen molar-refractivity contribution in [3.05, 3.63) is 28.2 Å². The molecule has 1 aromatic carbocycles. The number of carbonyl (C=O) groups excluding carboxylic acids is 1. The maximum atomic E-state index is 11.8. The van der Waals surface area contributed by atoms with Crippen LogP contribution >= 0.6 is 27.7 Å². The van der Waals surface area contributed by atoms with Gasteiger partial charge in [0.15, 0.2) is 0 Å². The van der Waals surface area contributed by atoms with E-state index >= 15 is 0 Å². The van der Waals surface area contributed by atoms with Gasteiger partial charge >= 0.3 is 5.51 Å². The Morgan fingerprint density at radius 3 is 2.67 bits per heavy atom. The lowest BCUT2D eigenvalue weighted by molar-refractivity contribution is -0.0327. The highest BCUT2D eigenvalue weighted by Crippen LogP contribution is 2.29. The lowest BCUT2D eigenvalue weighted by Crippen LogP contribution is -2.26. The zero-order chi connectivity index (χ0) is 13.8. The Hall–Kier alpha value is -0.890. The first kappa shape index (κ1) is 15.2. The van der Waals surface area contributed by atoms with Crippen molar-refractivity contribution < 1.29 is 23.1 Å². The fraction of sp³-hybridized carbons (Fsp3) is 0.300. The maximum Gasteiger partial charge on any atom is 0.441 e. The van der Waals surface area contributed by atoms with Crippen LogP contribution in [0.3, 0.4) is 0 Å². The minimum Gasteiger partial charge on any atom is -0.507 e. The number of phenolic OH excluding ortho intramolecular Hbond substituents is 1. The van der Waals surface area contributed by atoms with E-state index in [4.69, 9.17) is 0 Å². The molecule has 1 rings (SSSR count). The average Bonchev–Trinajstić information content (AvgIpc) is 2.26. The predicted octanol–water partition coefficient (Wildman–Crippen LogP) is 3.14. The van der Waals surface area contributed by atoms with Crippen LogP contribution in [0.5, 0.6) is 5.75 Å². The van der Waals surface area contributed by atoms with Crippen molar-refractivity contribution >= 4 is 33.6 Å². The maximum absolute atomic E-state index is 11.8. The fourth-order valence-corrected chi connectivity index (χ4v) is 1.77. The number of nitrogens with one attached hydrogen (secondary N) is 1. The summed E-state index contributed by atoms with van der Waals surface area (Å²) in [6.07, 6.45) is 0. The first-order valence-corrected chi connectivity index (χ1v) is 6.55. The van der Waals surface area contributed by atoms with E-state index in [1.54, 1.807) is 0 Å². The van der Waals surface area contributed by atoms with E-state index in [0.717, 1.165) is 0 Å². The number of halogens is 4. The number of hydrogen-bond donors (Lipinski definition) is 2. The average molecular weight is 344 g/mol. The molecule has 0 aliphatic rings. The Balaban J connectivity index is 2.43. The first-order valence-electron chi connectivity index (χ1n) is 4.77. The number of aromatic hydroxyl groups is 1. The van der Waals surface area contributed by atoms with Crippen molar-refractivity contribution in [2.45, 2.75) is 5.51 Å². The Morgan fingerprint density at radius 2 is 2.11 bits per heavy atom. The molecule has 100 valence electrons. The molecule has 0 aliphatic carbocycles. The Labute approximate surface area is 114 Å². The molecule has 0 heterocycles. The minimum atomic E-state index is -4.29. The van der Waals surface area contributed by atoms with E-state index in [9.17, 15) is 23.1 Å².